The predicted molar refractivity (Wildman–Crippen MR) is 111 cm³/mol. The molecule has 26 heavy (non-hydrogen) atoms. The van der Waals surface area contributed by atoms with Crippen LogP contribution in [-0.4, -0.2) is 45.8 Å². The van der Waals surface area contributed by atoms with Crippen LogP contribution in [0.1, 0.15) is 46.0 Å². The minimum Gasteiger partial charge on any atom is -0.497 e. The quantitative estimate of drug-likeness (QED) is 0.401. The highest BCUT2D eigenvalue weighted by Crippen LogP contribution is 2.26. The van der Waals surface area contributed by atoms with Crippen molar-refractivity contribution in [3.05, 3.63) is 24.3 Å². The first-order valence-electron chi connectivity index (χ1n) is 10.0. The molecule has 1 aliphatic heterocycles. The number of aliphatic imine (C=N–C) groups is 1. The number of anilines is 1. The first kappa shape index (κ1) is 20.4. The lowest BCUT2D eigenvalue weighted by Gasteiger charge is -2.21. The summed E-state index contributed by atoms with van der Waals surface area (Å²) in [6.07, 6.45) is 6.25. The minimum atomic E-state index is 0.463. The van der Waals surface area contributed by atoms with Crippen molar-refractivity contribution in [1.29, 1.82) is 0 Å². The molecule has 2 N–H and O–H groups in total. The molecule has 1 heterocycles. The van der Waals surface area contributed by atoms with E-state index in [9.17, 15) is 0 Å². The molecule has 1 aromatic rings. The number of benzene rings is 1. The Morgan fingerprint density at radius 3 is 2.96 bits per heavy atom. The van der Waals surface area contributed by atoms with Crippen LogP contribution in [0.25, 0.3) is 0 Å². The third-order valence-electron chi connectivity index (χ3n) is 5.11. The van der Waals surface area contributed by atoms with Crippen molar-refractivity contribution >= 4 is 11.6 Å². The molecule has 2 atom stereocenters. The van der Waals surface area contributed by atoms with Gasteiger partial charge in [-0.25, -0.2) is 0 Å². The first-order chi connectivity index (χ1) is 12.7. The lowest BCUT2D eigenvalue weighted by molar-refractivity contribution is 0.415. The molecule has 0 amide bonds. The molecular weight excluding hydrogens is 324 g/mol. The van der Waals surface area contributed by atoms with Crippen LogP contribution >= 0.6 is 0 Å². The van der Waals surface area contributed by atoms with Crippen LogP contribution in [0.3, 0.4) is 0 Å². The average molecular weight is 361 g/mol. The van der Waals surface area contributed by atoms with Crippen LogP contribution in [0, 0.1) is 5.92 Å². The molecule has 0 aromatic heterocycles. The van der Waals surface area contributed by atoms with Crippen molar-refractivity contribution in [2.24, 2.45) is 10.9 Å². The number of nitrogens with one attached hydrogen (secondary N) is 2. The number of methoxy groups -OCH3 is 1. The van der Waals surface area contributed by atoms with Gasteiger partial charge in [0.2, 0.25) is 0 Å². The molecule has 1 aliphatic rings. The summed E-state index contributed by atoms with van der Waals surface area (Å²) in [5.41, 5.74) is 1.25. The van der Waals surface area contributed by atoms with Crippen molar-refractivity contribution in [2.75, 3.05) is 38.7 Å². The van der Waals surface area contributed by atoms with E-state index in [1.54, 1.807) is 7.11 Å². The van der Waals surface area contributed by atoms with Gasteiger partial charge in [-0.3, -0.25) is 4.99 Å². The van der Waals surface area contributed by atoms with Gasteiger partial charge in [0.15, 0.2) is 5.96 Å². The Kier molecular flexibility index (Phi) is 8.59. The van der Waals surface area contributed by atoms with E-state index in [4.69, 9.17) is 4.74 Å². The van der Waals surface area contributed by atoms with E-state index in [2.05, 4.69) is 52.6 Å². The largest absolute Gasteiger partial charge is 0.497 e. The van der Waals surface area contributed by atoms with Gasteiger partial charge >= 0.3 is 0 Å². The number of guanidine groups is 1. The van der Waals surface area contributed by atoms with E-state index in [0.29, 0.717) is 12.0 Å². The molecular formula is C21H36N4O. The Morgan fingerprint density at radius 2 is 2.23 bits per heavy atom. The normalized spacial score (nSPS) is 18.7. The fourth-order valence-corrected chi connectivity index (χ4v) is 3.48. The summed E-state index contributed by atoms with van der Waals surface area (Å²) in [6.45, 7) is 7.61. The molecule has 1 saturated heterocycles. The topological polar surface area (TPSA) is 48.9 Å². The molecule has 0 radical (unpaired) electrons. The second-order valence-electron chi connectivity index (χ2n) is 7.30. The van der Waals surface area contributed by atoms with E-state index in [-0.39, 0.29) is 0 Å². The number of unbranched alkanes of at least 4 members (excludes halogenated alkanes) is 2. The van der Waals surface area contributed by atoms with Gasteiger partial charge in [-0.1, -0.05) is 32.3 Å². The maximum Gasteiger partial charge on any atom is 0.191 e. The summed E-state index contributed by atoms with van der Waals surface area (Å²) in [7, 11) is 3.57. The monoisotopic (exact) mass is 360 g/mol. The van der Waals surface area contributed by atoms with E-state index in [0.717, 1.165) is 31.3 Å². The molecule has 1 aromatic carbocycles. The Balaban J connectivity index is 1.75. The zero-order valence-corrected chi connectivity index (χ0v) is 16.9. The van der Waals surface area contributed by atoms with Gasteiger partial charge in [0.1, 0.15) is 5.75 Å². The lowest BCUT2D eigenvalue weighted by atomic mass is 10.1. The van der Waals surface area contributed by atoms with Gasteiger partial charge in [-0.05, 0) is 37.8 Å². The van der Waals surface area contributed by atoms with Crippen molar-refractivity contribution < 1.29 is 4.74 Å². The van der Waals surface area contributed by atoms with Crippen molar-refractivity contribution in [3.63, 3.8) is 0 Å². The number of rotatable bonds is 9. The second kappa shape index (κ2) is 10.9. The summed E-state index contributed by atoms with van der Waals surface area (Å²) in [5.74, 6) is 2.48. The highest BCUT2D eigenvalue weighted by molar-refractivity contribution is 5.79. The molecule has 2 rings (SSSR count). The average Bonchev–Trinajstić information content (AvgIpc) is 3.14. The summed E-state index contributed by atoms with van der Waals surface area (Å²) in [4.78, 5) is 6.82. The van der Waals surface area contributed by atoms with E-state index in [1.165, 1.54) is 37.8 Å². The smallest absolute Gasteiger partial charge is 0.191 e. The van der Waals surface area contributed by atoms with Crippen LogP contribution in [-0.2, 0) is 0 Å². The van der Waals surface area contributed by atoms with E-state index >= 15 is 0 Å². The lowest BCUT2D eigenvalue weighted by Crippen LogP contribution is -2.44. The van der Waals surface area contributed by atoms with Gasteiger partial charge in [-0.2, -0.15) is 0 Å². The molecule has 5 heteroatoms. The van der Waals surface area contributed by atoms with Crippen LogP contribution < -0.4 is 20.3 Å². The van der Waals surface area contributed by atoms with Crippen LogP contribution in [0.4, 0.5) is 5.69 Å². The predicted octanol–water partition coefficient (Wildman–Crippen LogP) is 3.66. The SMILES string of the molecule is CCCCCC(C)NC(=NC)NCC1CCN(c2cccc(OC)c2)C1. The Morgan fingerprint density at radius 1 is 1.38 bits per heavy atom. The van der Waals surface area contributed by atoms with Crippen LogP contribution in [0.5, 0.6) is 5.75 Å². The van der Waals surface area contributed by atoms with Gasteiger partial charge < -0.3 is 20.3 Å². The van der Waals surface area contributed by atoms with Crippen molar-refractivity contribution in [1.82, 2.24) is 10.6 Å². The van der Waals surface area contributed by atoms with Gasteiger partial charge in [0, 0.05) is 44.5 Å². The second-order valence-corrected chi connectivity index (χ2v) is 7.30. The minimum absolute atomic E-state index is 0.463. The fourth-order valence-electron chi connectivity index (χ4n) is 3.48. The Hall–Kier alpha value is -1.91. The first-order valence-corrected chi connectivity index (χ1v) is 10.0. The molecule has 2 unspecified atom stereocenters. The maximum absolute atomic E-state index is 5.34. The third-order valence-corrected chi connectivity index (χ3v) is 5.11. The zero-order valence-electron chi connectivity index (χ0n) is 16.9. The van der Waals surface area contributed by atoms with Gasteiger partial charge in [0.25, 0.3) is 0 Å². The molecule has 5 nitrogen and oxygen atoms in total. The van der Waals surface area contributed by atoms with E-state index in [1.807, 2.05) is 13.1 Å². The van der Waals surface area contributed by atoms with E-state index < -0.39 is 0 Å². The zero-order chi connectivity index (χ0) is 18.8. The number of hydrogen-bond donors (Lipinski definition) is 2. The van der Waals surface area contributed by atoms with Crippen LogP contribution in [0.2, 0.25) is 0 Å². The maximum atomic E-state index is 5.34. The number of hydrogen-bond acceptors (Lipinski definition) is 3. The third kappa shape index (κ3) is 6.43. The van der Waals surface area contributed by atoms with Crippen LogP contribution in [0.15, 0.2) is 29.3 Å². The van der Waals surface area contributed by atoms with Gasteiger partial charge in [-0.15, -0.1) is 0 Å². The Bertz CT molecular complexity index is 561. The number of nitrogens with zero attached hydrogens (tertiary/aromatic N) is 2. The summed E-state index contributed by atoms with van der Waals surface area (Å²) < 4.78 is 5.34. The molecule has 0 saturated carbocycles. The molecule has 146 valence electrons. The summed E-state index contributed by atoms with van der Waals surface area (Å²) in [6, 6.07) is 8.80. The highest BCUT2D eigenvalue weighted by atomic mass is 16.5. The molecule has 0 spiro atoms. The van der Waals surface area contributed by atoms with Crippen molar-refractivity contribution in [2.45, 2.75) is 52.0 Å². The summed E-state index contributed by atoms with van der Waals surface area (Å²) in [5, 5.41) is 7.03. The number of ether oxygens (including phenoxy) is 1. The fraction of sp³-hybridized carbons (Fsp3) is 0.667. The Labute approximate surface area is 159 Å². The molecule has 0 bridgehead atoms. The summed E-state index contributed by atoms with van der Waals surface area (Å²) >= 11 is 0. The highest BCUT2D eigenvalue weighted by Gasteiger charge is 2.23. The molecule has 1 fully saturated rings. The van der Waals surface area contributed by atoms with Crippen molar-refractivity contribution in [3.8, 4) is 5.75 Å². The van der Waals surface area contributed by atoms with Gasteiger partial charge in [0.05, 0.1) is 7.11 Å². The molecule has 0 aliphatic carbocycles. The standard InChI is InChI=1S/C21H36N4O/c1-5-6-7-9-17(2)24-21(22-3)23-15-18-12-13-25(16-18)19-10-8-11-20(14-19)26-4/h8,10-11,14,17-18H,5-7,9,12-13,15-16H2,1-4H3,(H2,22,23,24).